The van der Waals surface area contributed by atoms with E-state index in [2.05, 4.69) is 23.9 Å². The Bertz CT molecular complexity index is 94.1. The molecule has 0 radical (unpaired) electrons. The van der Waals surface area contributed by atoms with E-state index < -0.39 is 0 Å². The SMILES string of the molecule is C[C@@H](O)CN(C)CCN(C)C. The van der Waals surface area contributed by atoms with Crippen LogP contribution >= 0.6 is 0 Å². The standard InChI is InChI=1S/C8H20N2O/c1-8(11)7-10(4)6-5-9(2)3/h8,11H,5-7H2,1-4H3/t8-/m1/s1. The van der Waals surface area contributed by atoms with Crippen molar-refractivity contribution < 1.29 is 5.11 Å². The first-order valence-corrected chi connectivity index (χ1v) is 4.03. The monoisotopic (exact) mass is 160 g/mol. The number of hydrogen-bond acceptors (Lipinski definition) is 3. The fourth-order valence-electron chi connectivity index (χ4n) is 0.913. The molecule has 0 aliphatic rings. The molecular formula is C8H20N2O. The van der Waals surface area contributed by atoms with E-state index in [1.54, 1.807) is 0 Å². The molecule has 0 saturated carbocycles. The molecule has 0 heterocycles. The number of nitrogens with zero attached hydrogens (tertiary/aromatic N) is 2. The van der Waals surface area contributed by atoms with Crippen molar-refractivity contribution in [1.82, 2.24) is 9.80 Å². The number of likely N-dealkylation sites (N-methyl/N-ethyl adjacent to an activating group) is 2. The molecule has 0 unspecified atom stereocenters. The van der Waals surface area contributed by atoms with E-state index in [1.165, 1.54) is 0 Å². The van der Waals surface area contributed by atoms with Gasteiger partial charge in [0.25, 0.3) is 0 Å². The van der Waals surface area contributed by atoms with Gasteiger partial charge in [-0.15, -0.1) is 0 Å². The molecule has 0 aromatic heterocycles. The molecule has 0 aromatic rings. The van der Waals surface area contributed by atoms with Crippen molar-refractivity contribution in [2.45, 2.75) is 13.0 Å². The smallest absolute Gasteiger partial charge is 0.0638 e. The van der Waals surface area contributed by atoms with Crippen molar-refractivity contribution in [2.75, 3.05) is 40.8 Å². The van der Waals surface area contributed by atoms with E-state index in [0.717, 1.165) is 19.6 Å². The molecule has 0 bridgehead atoms. The molecular weight excluding hydrogens is 140 g/mol. The van der Waals surface area contributed by atoms with Gasteiger partial charge in [0, 0.05) is 19.6 Å². The maximum Gasteiger partial charge on any atom is 0.0638 e. The topological polar surface area (TPSA) is 26.7 Å². The average molecular weight is 160 g/mol. The molecule has 0 spiro atoms. The Hall–Kier alpha value is -0.120. The van der Waals surface area contributed by atoms with Gasteiger partial charge in [-0.25, -0.2) is 0 Å². The van der Waals surface area contributed by atoms with Gasteiger partial charge in [-0.05, 0) is 28.1 Å². The highest BCUT2D eigenvalue weighted by molar-refractivity contribution is 4.57. The van der Waals surface area contributed by atoms with Crippen LogP contribution in [0.1, 0.15) is 6.92 Å². The van der Waals surface area contributed by atoms with Crippen LogP contribution in [-0.4, -0.2) is 61.8 Å². The summed E-state index contributed by atoms with van der Waals surface area (Å²) in [4.78, 5) is 4.27. The summed E-state index contributed by atoms with van der Waals surface area (Å²) in [6.07, 6.45) is -0.220. The first kappa shape index (κ1) is 10.9. The summed E-state index contributed by atoms with van der Waals surface area (Å²) in [5.41, 5.74) is 0. The summed E-state index contributed by atoms with van der Waals surface area (Å²) in [5.74, 6) is 0. The van der Waals surface area contributed by atoms with Crippen molar-refractivity contribution in [1.29, 1.82) is 0 Å². The third-order valence-electron chi connectivity index (χ3n) is 1.50. The van der Waals surface area contributed by atoms with E-state index in [1.807, 2.05) is 14.0 Å². The Morgan fingerprint density at radius 3 is 2.09 bits per heavy atom. The van der Waals surface area contributed by atoms with Crippen LogP contribution in [-0.2, 0) is 0 Å². The van der Waals surface area contributed by atoms with E-state index >= 15 is 0 Å². The van der Waals surface area contributed by atoms with E-state index in [-0.39, 0.29) is 6.10 Å². The second kappa shape index (κ2) is 5.52. The minimum Gasteiger partial charge on any atom is -0.392 e. The first-order valence-electron chi connectivity index (χ1n) is 4.03. The molecule has 0 saturated heterocycles. The number of aliphatic hydroxyl groups is 1. The lowest BCUT2D eigenvalue weighted by molar-refractivity contribution is 0.137. The van der Waals surface area contributed by atoms with Gasteiger partial charge in [-0.1, -0.05) is 0 Å². The zero-order chi connectivity index (χ0) is 8.85. The molecule has 0 aliphatic carbocycles. The van der Waals surface area contributed by atoms with E-state index in [4.69, 9.17) is 5.11 Å². The van der Waals surface area contributed by atoms with Crippen LogP contribution in [0.15, 0.2) is 0 Å². The van der Waals surface area contributed by atoms with Crippen molar-refractivity contribution in [3.63, 3.8) is 0 Å². The van der Waals surface area contributed by atoms with Gasteiger partial charge >= 0.3 is 0 Å². The summed E-state index contributed by atoms with van der Waals surface area (Å²) < 4.78 is 0. The van der Waals surface area contributed by atoms with Gasteiger partial charge in [0.1, 0.15) is 0 Å². The van der Waals surface area contributed by atoms with Gasteiger partial charge in [0.05, 0.1) is 6.10 Å². The molecule has 11 heavy (non-hydrogen) atoms. The molecule has 1 atom stereocenters. The van der Waals surface area contributed by atoms with Crippen LogP contribution in [0.5, 0.6) is 0 Å². The Morgan fingerprint density at radius 1 is 1.18 bits per heavy atom. The van der Waals surface area contributed by atoms with E-state index in [0.29, 0.717) is 0 Å². The Labute approximate surface area is 69.6 Å². The predicted molar refractivity (Wildman–Crippen MR) is 47.7 cm³/mol. The molecule has 1 N–H and O–H groups in total. The van der Waals surface area contributed by atoms with Gasteiger partial charge in [-0.2, -0.15) is 0 Å². The van der Waals surface area contributed by atoms with Crippen LogP contribution in [0.2, 0.25) is 0 Å². The minimum absolute atomic E-state index is 0.220. The zero-order valence-electron chi connectivity index (χ0n) is 8.04. The zero-order valence-corrected chi connectivity index (χ0v) is 8.04. The fraction of sp³-hybridized carbons (Fsp3) is 1.00. The number of aliphatic hydroxyl groups excluding tert-OH is 1. The van der Waals surface area contributed by atoms with E-state index in [9.17, 15) is 0 Å². The fourth-order valence-corrected chi connectivity index (χ4v) is 0.913. The maximum absolute atomic E-state index is 9.03. The Morgan fingerprint density at radius 2 is 1.73 bits per heavy atom. The quantitative estimate of drug-likeness (QED) is 0.606. The van der Waals surface area contributed by atoms with Crippen LogP contribution in [0.25, 0.3) is 0 Å². The van der Waals surface area contributed by atoms with Crippen LogP contribution < -0.4 is 0 Å². The summed E-state index contributed by atoms with van der Waals surface area (Å²) in [6, 6.07) is 0. The third kappa shape index (κ3) is 7.78. The van der Waals surface area contributed by atoms with Gasteiger partial charge in [0.2, 0.25) is 0 Å². The normalized spacial score (nSPS) is 14.5. The molecule has 68 valence electrons. The highest BCUT2D eigenvalue weighted by Gasteiger charge is 2.01. The number of rotatable bonds is 5. The summed E-state index contributed by atoms with van der Waals surface area (Å²) in [7, 11) is 6.13. The maximum atomic E-state index is 9.03. The van der Waals surface area contributed by atoms with Crippen LogP contribution in [0, 0.1) is 0 Å². The van der Waals surface area contributed by atoms with Crippen molar-refractivity contribution in [3.8, 4) is 0 Å². The van der Waals surface area contributed by atoms with Crippen molar-refractivity contribution in [3.05, 3.63) is 0 Å². The summed E-state index contributed by atoms with van der Waals surface area (Å²) in [6.45, 7) is 4.63. The lowest BCUT2D eigenvalue weighted by Gasteiger charge is -2.20. The highest BCUT2D eigenvalue weighted by Crippen LogP contribution is 1.87. The molecule has 3 heteroatoms. The number of hydrogen-bond donors (Lipinski definition) is 1. The Balaban J connectivity index is 3.29. The van der Waals surface area contributed by atoms with Gasteiger partial charge < -0.3 is 14.9 Å². The molecule has 0 aliphatic heterocycles. The molecule has 0 amide bonds. The Kier molecular flexibility index (Phi) is 5.46. The van der Waals surface area contributed by atoms with Crippen LogP contribution in [0.3, 0.4) is 0 Å². The molecule has 0 fully saturated rings. The second-order valence-electron chi connectivity index (χ2n) is 3.41. The first-order chi connectivity index (χ1) is 5.02. The lowest BCUT2D eigenvalue weighted by atomic mass is 10.4. The molecule has 0 rings (SSSR count). The van der Waals surface area contributed by atoms with Crippen molar-refractivity contribution >= 4 is 0 Å². The lowest BCUT2D eigenvalue weighted by Crippen LogP contribution is -2.33. The largest absolute Gasteiger partial charge is 0.392 e. The third-order valence-corrected chi connectivity index (χ3v) is 1.50. The molecule has 0 aromatic carbocycles. The van der Waals surface area contributed by atoms with Gasteiger partial charge in [-0.3, -0.25) is 0 Å². The molecule has 3 nitrogen and oxygen atoms in total. The van der Waals surface area contributed by atoms with Crippen molar-refractivity contribution in [2.24, 2.45) is 0 Å². The second-order valence-corrected chi connectivity index (χ2v) is 3.41. The summed E-state index contributed by atoms with van der Waals surface area (Å²) >= 11 is 0. The minimum atomic E-state index is -0.220. The summed E-state index contributed by atoms with van der Waals surface area (Å²) in [5, 5.41) is 9.03. The predicted octanol–water partition coefficient (Wildman–Crippen LogP) is -0.139. The average Bonchev–Trinajstić information content (AvgIpc) is 1.82. The van der Waals surface area contributed by atoms with Crippen LogP contribution in [0.4, 0.5) is 0 Å². The highest BCUT2D eigenvalue weighted by atomic mass is 16.3. The van der Waals surface area contributed by atoms with Gasteiger partial charge in [0.15, 0.2) is 0 Å².